The van der Waals surface area contributed by atoms with Crippen molar-refractivity contribution in [2.24, 2.45) is 0 Å². The maximum absolute atomic E-state index is 12.1. The summed E-state index contributed by atoms with van der Waals surface area (Å²) < 4.78 is 22.8. The van der Waals surface area contributed by atoms with E-state index in [2.05, 4.69) is 0 Å². The average molecular weight is 349 g/mol. The van der Waals surface area contributed by atoms with Gasteiger partial charge in [0.1, 0.15) is 4.88 Å². The minimum atomic E-state index is -3.01. The van der Waals surface area contributed by atoms with Crippen molar-refractivity contribution < 1.29 is 23.1 Å². The Morgan fingerprint density at radius 3 is 2.76 bits per heavy atom. The highest BCUT2D eigenvalue weighted by molar-refractivity contribution is 8.00. The Labute approximate surface area is 131 Å². The highest BCUT2D eigenvalue weighted by atomic mass is 32.2. The van der Waals surface area contributed by atoms with E-state index in [0.717, 1.165) is 16.2 Å². The van der Waals surface area contributed by atoms with E-state index in [-0.39, 0.29) is 34.1 Å². The summed E-state index contributed by atoms with van der Waals surface area (Å²) in [4.78, 5) is 25.3. The molecule has 2 rings (SSSR count). The number of carbonyl (C=O) groups is 2. The molecule has 1 aliphatic heterocycles. The molecule has 0 bridgehead atoms. The zero-order valence-electron chi connectivity index (χ0n) is 11.3. The van der Waals surface area contributed by atoms with Crippen molar-refractivity contribution in [1.29, 1.82) is 0 Å². The number of sulfone groups is 1. The Kier molecular flexibility index (Phi) is 4.95. The van der Waals surface area contributed by atoms with Crippen LogP contribution < -0.4 is 0 Å². The van der Waals surface area contributed by atoms with Crippen LogP contribution in [0.15, 0.2) is 16.3 Å². The maximum Gasteiger partial charge on any atom is 0.345 e. The molecule has 9 heteroatoms. The zero-order chi connectivity index (χ0) is 15.6. The zero-order valence-corrected chi connectivity index (χ0v) is 13.8. The summed E-state index contributed by atoms with van der Waals surface area (Å²) in [5.74, 6) is -0.795. The molecule has 1 saturated heterocycles. The molecule has 21 heavy (non-hydrogen) atoms. The summed E-state index contributed by atoms with van der Waals surface area (Å²) in [7, 11) is -1.40. The smallest absolute Gasteiger partial charge is 0.345 e. The van der Waals surface area contributed by atoms with Gasteiger partial charge in [-0.2, -0.15) is 0 Å². The van der Waals surface area contributed by atoms with Gasteiger partial charge in [-0.15, -0.1) is 23.1 Å². The molecule has 116 valence electrons. The molecular formula is C12H15NO5S3. The number of carboxylic acids is 1. The van der Waals surface area contributed by atoms with Gasteiger partial charge < -0.3 is 10.0 Å². The fraction of sp³-hybridized carbons (Fsp3) is 0.500. The summed E-state index contributed by atoms with van der Waals surface area (Å²) in [6, 6.07) is 1.28. The Balaban J connectivity index is 1.88. The van der Waals surface area contributed by atoms with Crippen LogP contribution in [-0.2, 0) is 14.6 Å². The lowest BCUT2D eigenvalue weighted by molar-refractivity contribution is -0.128. The summed E-state index contributed by atoms with van der Waals surface area (Å²) in [5.41, 5.74) is 0. The number of hydrogen-bond donors (Lipinski definition) is 1. The van der Waals surface area contributed by atoms with Gasteiger partial charge in [0.05, 0.1) is 17.3 Å². The molecule has 1 amide bonds. The van der Waals surface area contributed by atoms with E-state index in [1.165, 1.54) is 22.7 Å². The van der Waals surface area contributed by atoms with Crippen molar-refractivity contribution in [3.63, 3.8) is 0 Å². The van der Waals surface area contributed by atoms with Crippen molar-refractivity contribution in [2.45, 2.75) is 17.4 Å². The molecule has 1 aromatic heterocycles. The summed E-state index contributed by atoms with van der Waals surface area (Å²) >= 11 is 2.38. The second kappa shape index (κ2) is 6.37. The first-order chi connectivity index (χ1) is 9.78. The van der Waals surface area contributed by atoms with E-state index in [9.17, 15) is 18.0 Å². The molecule has 2 heterocycles. The van der Waals surface area contributed by atoms with Gasteiger partial charge in [-0.25, -0.2) is 13.2 Å². The number of rotatable bonds is 5. The lowest BCUT2D eigenvalue weighted by atomic mass is 10.2. The third kappa shape index (κ3) is 4.21. The van der Waals surface area contributed by atoms with E-state index in [0.29, 0.717) is 6.42 Å². The third-order valence-electron chi connectivity index (χ3n) is 3.30. The molecule has 0 radical (unpaired) electrons. The first kappa shape index (κ1) is 16.3. The number of carbonyl (C=O) groups excluding carboxylic acids is 1. The van der Waals surface area contributed by atoms with Gasteiger partial charge in [0.2, 0.25) is 5.91 Å². The lowest BCUT2D eigenvalue weighted by Gasteiger charge is -2.23. The van der Waals surface area contributed by atoms with Crippen LogP contribution in [0.2, 0.25) is 0 Å². The van der Waals surface area contributed by atoms with Crippen LogP contribution in [0.4, 0.5) is 0 Å². The van der Waals surface area contributed by atoms with E-state index >= 15 is 0 Å². The largest absolute Gasteiger partial charge is 0.477 e. The molecule has 0 saturated carbocycles. The van der Waals surface area contributed by atoms with Gasteiger partial charge in [0.25, 0.3) is 0 Å². The van der Waals surface area contributed by atoms with Gasteiger partial charge >= 0.3 is 5.97 Å². The van der Waals surface area contributed by atoms with Crippen LogP contribution >= 0.6 is 23.1 Å². The van der Waals surface area contributed by atoms with Crippen molar-refractivity contribution in [3.05, 3.63) is 16.3 Å². The topological polar surface area (TPSA) is 91.8 Å². The fourth-order valence-corrected chi connectivity index (χ4v) is 5.61. The highest BCUT2D eigenvalue weighted by Crippen LogP contribution is 2.25. The van der Waals surface area contributed by atoms with Crippen molar-refractivity contribution in [1.82, 2.24) is 4.90 Å². The molecule has 1 aromatic rings. The Morgan fingerprint density at radius 2 is 2.24 bits per heavy atom. The predicted molar refractivity (Wildman–Crippen MR) is 81.8 cm³/mol. The fourth-order valence-electron chi connectivity index (χ4n) is 2.04. The quantitative estimate of drug-likeness (QED) is 0.803. The molecule has 1 fully saturated rings. The summed E-state index contributed by atoms with van der Waals surface area (Å²) in [5, 5.41) is 10.5. The number of thiophene rings is 1. The minimum absolute atomic E-state index is 0.0293. The first-order valence-electron chi connectivity index (χ1n) is 6.19. The molecular weight excluding hydrogens is 334 g/mol. The lowest BCUT2D eigenvalue weighted by Crippen LogP contribution is -2.38. The van der Waals surface area contributed by atoms with E-state index in [1.54, 1.807) is 12.4 Å². The minimum Gasteiger partial charge on any atom is -0.477 e. The van der Waals surface area contributed by atoms with Gasteiger partial charge in [0.15, 0.2) is 9.84 Å². The number of hydrogen-bond acceptors (Lipinski definition) is 6. The number of carboxylic acid groups (broad SMARTS) is 1. The van der Waals surface area contributed by atoms with E-state index in [4.69, 9.17) is 5.11 Å². The van der Waals surface area contributed by atoms with Gasteiger partial charge in [0, 0.05) is 23.4 Å². The SMILES string of the molecule is CN(C(=O)CSc1csc(C(=O)O)c1)C1CCS(=O)(=O)C1. The molecule has 1 N–H and O–H groups in total. The number of nitrogens with zero attached hydrogens (tertiary/aromatic N) is 1. The Morgan fingerprint density at radius 1 is 1.52 bits per heavy atom. The number of amides is 1. The first-order valence-corrected chi connectivity index (χ1v) is 9.88. The third-order valence-corrected chi connectivity index (χ3v) is 7.08. The normalized spacial score (nSPS) is 20.3. The van der Waals surface area contributed by atoms with Crippen LogP contribution in [0.5, 0.6) is 0 Å². The second-order valence-corrected chi connectivity index (χ2v) is 8.99. The summed E-state index contributed by atoms with van der Waals surface area (Å²) in [6.45, 7) is 0. The Bertz CT molecular complexity index is 652. The maximum atomic E-state index is 12.1. The van der Waals surface area contributed by atoms with E-state index < -0.39 is 15.8 Å². The van der Waals surface area contributed by atoms with Gasteiger partial charge in [-0.3, -0.25) is 4.79 Å². The van der Waals surface area contributed by atoms with Crippen LogP contribution in [0, 0.1) is 0 Å². The molecule has 1 unspecified atom stereocenters. The summed E-state index contributed by atoms with van der Waals surface area (Å²) in [6.07, 6.45) is 0.483. The molecule has 0 spiro atoms. The number of aromatic carboxylic acids is 1. The van der Waals surface area contributed by atoms with Crippen LogP contribution in [0.25, 0.3) is 0 Å². The second-order valence-electron chi connectivity index (χ2n) is 4.80. The molecule has 0 aromatic carbocycles. The van der Waals surface area contributed by atoms with Crippen LogP contribution in [-0.4, -0.2) is 60.6 Å². The number of thioether (sulfide) groups is 1. The van der Waals surface area contributed by atoms with Crippen LogP contribution in [0.3, 0.4) is 0 Å². The monoisotopic (exact) mass is 349 g/mol. The molecule has 1 aliphatic rings. The Hall–Kier alpha value is -1.06. The predicted octanol–water partition coefficient (Wildman–Crippen LogP) is 1.18. The molecule has 1 atom stereocenters. The van der Waals surface area contributed by atoms with Crippen molar-refractivity contribution in [2.75, 3.05) is 24.3 Å². The van der Waals surface area contributed by atoms with Crippen molar-refractivity contribution in [3.8, 4) is 0 Å². The van der Waals surface area contributed by atoms with E-state index in [1.807, 2.05) is 0 Å². The molecule has 0 aliphatic carbocycles. The average Bonchev–Trinajstić information content (AvgIpc) is 3.01. The van der Waals surface area contributed by atoms with Gasteiger partial charge in [-0.05, 0) is 12.5 Å². The van der Waals surface area contributed by atoms with Crippen LogP contribution in [0.1, 0.15) is 16.1 Å². The molecule has 6 nitrogen and oxygen atoms in total. The standard InChI is InChI=1S/C12H15NO5S3/c1-13(8-2-3-21(17,18)7-8)11(14)6-19-9-4-10(12(15)16)20-5-9/h4-5,8H,2-3,6-7H2,1H3,(H,15,16). The van der Waals surface area contributed by atoms with Crippen molar-refractivity contribution >= 4 is 44.8 Å². The highest BCUT2D eigenvalue weighted by Gasteiger charge is 2.32. The van der Waals surface area contributed by atoms with Gasteiger partial charge in [-0.1, -0.05) is 0 Å².